The lowest BCUT2D eigenvalue weighted by atomic mass is 9.85. The first kappa shape index (κ1) is 14.7. The lowest BCUT2D eigenvalue weighted by Crippen LogP contribution is -2.23. The largest absolute Gasteiger partial charge is 0.312 e. The van der Waals surface area contributed by atoms with Crippen molar-refractivity contribution in [3.8, 4) is 0 Å². The number of likely N-dealkylation sites (N-methyl/N-ethyl adjacent to an activating group) is 1. The van der Waals surface area contributed by atoms with Crippen molar-refractivity contribution >= 4 is 0 Å². The number of rotatable bonds is 5. The summed E-state index contributed by atoms with van der Waals surface area (Å²) in [5, 5.41) is 3.35. The van der Waals surface area contributed by atoms with Gasteiger partial charge in [0.2, 0.25) is 0 Å². The fraction of sp³-hybridized carbons (Fsp3) is 0.333. The smallest absolute Gasteiger partial charge is 0.126 e. The normalized spacial score (nSPS) is 14.0. The van der Waals surface area contributed by atoms with Crippen molar-refractivity contribution < 1.29 is 4.39 Å². The Bertz CT molecular complexity index is 551. The van der Waals surface area contributed by atoms with Crippen LogP contribution in [-0.4, -0.2) is 7.05 Å². The van der Waals surface area contributed by atoms with E-state index in [1.54, 1.807) is 13.0 Å². The number of hydrogen-bond acceptors (Lipinski definition) is 1. The molecule has 0 aromatic heterocycles. The molecule has 0 radical (unpaired) electrons. The van der Waals surface area contributed by atoms with Crippen LogP contribution in [0.2, 0.25) is 0 Å². The summed E-state index contributed by atoms with van der Waals surface area (Å²) in [5.74, 6) is 0.203. The third kappa shape index (κ3) is 3.07. The van der Waals surface area contributed by atoms with E-state index in [4.69, 9.17) is 0 Å². The molecule has 0 saturated heterocycles. The van der Waals surface area contributed by atoms with E-state index < -0.39 is 0 Å². The quantitative estimate of drug-likeness (QED) is 0.838. The maximum Gasteiger partial charge on any atom is 0.126 e. The summed E-state index contributed by atoms with van der Waals surface area (Å²) in [6.07, 6.45) is 1.00. The zero-order valence-electron chi connectivity index (χ0n) is 12.4. The summed E-state index contributed by atoms with van der Waals surface area (Å²) in [4.78, 5) is 0. The molecule has 0 aliphatic heterocycles. The molecular weight excluding hydrogens is 249 g/mol. The molecular formula is C18H22FN. The average Bonchev–Trinajstić information content (AvgIpc) is 2.48. The van der Waals surface area contributed by atoms with Crippen LogP contribution in [0.3, 0.4) is 0 Å². The molecule has 1 N–H and O–H groups in total. The number of hydrogen-bond donors (Lipinski definition) is 1. The minimum Gasteiger partial charge on any atom is -0.312 e. The van der Waals surface area contributed by atoms with Crippen molar-refractivity contribution in [2.45, 2.75) is 32.2 Å². The van der Waals surface area contributed by atoms with E-state index >= 15 is 0 Å². The zero-order valence-corrected chi connectivity index (χ0v) is 12.4. The van der Waals surface area contributed by atoms with Gasteiger partial charge < -0.3 is 5.32 Å². The van der Waals surface area contributed by atoms with E-state index in [2.05, 4.69) is 36.5 Å². The highest BCUT2D eigenvalue weighted by Crippen LogP contribution is 2.33. The van der Waals surface area contributed by atoms with Crippen molar-refractivity contribution in [2.75, 3.05) is 7.05 Å². The molecule has 2 atom stereocenters. The summed E-state index contributed by atoms with van der Waals surface area (Å²) in [6, 6.07) is 16.1. The second-order valence-corrected chi connectivity index (χ2v) is 5.20. The summed E-state index contributed by atoms with van der Waals surface area (Å²) in [6.45, 7) is 3.97. The molecule has 0 amide bonds. The highest BCUT2D eigenvalue weighted by atomic mass is 19.1. The lowest BCUT2D eigenvalue weighted by molar-refractivity contribution is 0.465. The monoisotopic (exact) mass is 271 g/mol. The Kier molecular flexibility index (Phi) is 4.91. The molecule has 0 aliphatic carbocycles. The van der Waals surface area contributed by atoms with E-state index in [1.807, 2.05) is 25.2 Å². The highest BCUT2D eigenvalue weighted by molar-refractivity contribution is 5.30. The highest BCUT2D eigenvalue weighted by Gasteiger charge is 2.22. The third-order valence-corrected chi connectivity index (χ3v) is 3.94. The Labute approximate surface area is 120 Å². The lowest BCUT2D eigenvalue weighted by Gasteiger charge is -2.27. The van der Waals surface area contributed by atoms with E-state index in [0.717, 1.165) is 12.0 Å². The Morgan fingerprint density at radius 1 is 1.05 bits per heavy atom. The summed E-state index contributed by atoms with van der Waals surface area (Å²) < 4.78 is 13.8. The molecule has 2 unspecified atom stereocenters. The zero-order chi connectivity index (χ0) is 14.5. The van der Waals surface area contributed by atoms with Gasteiger partial charge >= 0.3 is 0 Å². The number of benzene rings is 2. The molecule has 2 heteroatoms. The minimum atomic E-state index is -0.134. The minimum absolute atomic E-state index is 0.123. The van der Waals surface area contributed by atoms with Crippen LogP contribution in [0.15, 0.2) is 48.5 Å². The van der Waals surface area contributed by atoms with Crippen molar-refractivity contribution in [1.82, 2.24) is 5.32 Å². The van der Waals surface area contributed by atoms with Crippen LogP contribution in [0.1, 0.15) is 42.0 Å². The fourth-order valence-electron chi connectivity index (χ4n) is 2.77. The first-order valence-corrected chi connectivity index (χ1v) is 7.15. The van der Waals surface area contributed by atoms with Gasteiger partial charge in [0.25, 0.3) is 0 Å². The summed E-state index contributed by atoms with van der Waals surface area (Å²) >= 11 is 0. The van der Waals surface area contributed by atoms with Crippen LogP contribution in [0.5, 0.6) is 0 Å². The molecule has 0 spiro atoms. The Morgan fingerprint density at radius 2 is 1.75 bits per heavy atom. The maximum absolute atomic E-state index is 13.8. The molecule has 1 nitrogen and oxygen atoms in total. The molecule has 2 rings (SSSR count). The van der Waals surface area contributed by atoms with Crippen molar-refractivity contribution in [2.24, 2.45) is 0 Å². The van der Waals surface area contributed by atoms with Crippen LogP contribution in [0.4, 0.5) is 4.39 Å². The molecule has 2 aromatic carbocycles. The first-order valence-electron chi connectivity index (χ1n) is 7.15. The van der Waals surface area contributed by atoms with Crippen LogP contribution in [-0.2, 0) is 0 Å². The molecule has 106 valence electrons. The van der Waals surface area contributed by atoms with Gasteiger partial charge in [-0.3, -0.25) is 0 Å². The standard InChI is InChI=1S/C18H22FN/c1-4-16(14-8-6-5-7-9-14)18(20-3)15-11-10-13(2)17(19)12-15/h5-12,16,18,20H,4H2,1-3H3. The number of nitrogens with one attached hydrogen (secondary N) is 1. The predicted molar refractivity (Wildman–Crippen MR) is 82.4 cm³/mol. The second kappa shape index (κ2) is 6.67. The topological polar surface area (TPSA) is 12.0 Å². The van der Waals surface area contributed by atoms with E-state index in [-0.39, 0.29) is 11.9 Å². The molecule has 0 aliphatic rings. The molecule has 0 bridgehead atoms. The number of halogens is 1. The van der Waals surface area contributed by atoms with Gasteiger partial charge in [-0.15, -0.1) is 0 Å². The van der Waals surface area contributed by atoms with Crippen LogP contribution in [0.25, 0.3) is 0 Å². The molecule has 0 fully saturated rings. The van der Waals surface area contributed by atoms with E-state index in [9.17, 15) is 4.39 Å². The van der Waals surface area contributed by atoms with Crippen LogP contribution < -0.4 is 5.32 Å². The summed E-state index contributed by atoms with van der Waals surface area (Å²) in [7, 11) is 1.94. The van der Waals surface area contributed by atoms with E-state index in [1.165, 1.54) is 5.56 Å². The Hall–Kier alpha value is -1.67. The average molecular weight is 271 g/mol. The van der Waals surface area contributed by atoms with Gasteiger partial charge in [-0.2, -0.15) is 0 Å². The fourth-order valence-corrected chi connectivity index (χ4v) is 2.77. The van der Waals surface area contributed by atoms with E-state index in [0.29, 0.717) is 11.5 Å². The SMILES string of the molecule is CCC(c1ccccc1)C(NC)c1ccc(C)c(F)c1. The Balaban J connectivity index is 2.36. The maximum atomic E-state index is 13.8. The molecule has 2 aromatic rings. The van der Waals surface area contributed by atoms with Crippen molar-refractivity contribution in [1.29, 1.82) is 0 Å². The summed E-state index contributed by atoms with van der Waals surface area (Å²) in [5.41, 5.74) is 2.98. The molecule has 0 saturated carbocycles. The van der Waals surface area contributed by atoms with Gasteiger partial charge in [0.05, 0.1) is 0 Å². The Morgan fingerprint density at radius 3 is 2.30 bits per heavy atom. The van der Waals surface area contributed by atoms with Gasteiger partial charge in [-0.05, 0) is 43.1 Å². The molecule has 20 heavy (non-hydrogen) atoms. The van der Waals surface area contributed by atoms with Crippen molar-refractivity contribution in [3.05, 3.63) is 71.0 Å². The second-order valence-electron chi connectivity index (χ2n) is 5.20. The van der Waals surface area contributed by atoms with Gasteiger partial charge in [0.1, 0.15) is 5.82 Å². The number of aryl methyl sites for hydroxylation is 1. The van der Waals surface area contributed by atoms with Crippen LogP contribution >= 0.6 is 0 Å². The first-order chi connectivity index (χ1) is 9.67. The van der Waals surface area contributed by atoms with Gasteiger partial charge in [-0.25, -0.2) is 4.39 Å². The third-order valence-electron chi connectivity index (χ3n) is 3.94. The molecule has 0 heterocycles. The van der Waals surface area contributed by atoms with Crippen molar-refractivity contribution in [3.63, 3.8) is 0 Å². The van der Waals surface area contributed by atoms with Gasteiger partial charge in [0, 0.05) is 12.0 Å². The van der Waals surface area contributed by atoms with Crippen LogP contribution in [0, 0.1) is 12.7 Å². The van der Waals surface area contributed by atoms with Gasteiger partial charge in [-0.1, -0.05) is 49.4 Å². The van der Waals surface area contributed by atoms with Gasteiger partial charge in [0.15, 0.2) is 0 Å². The predicted octanol–water partition coefficient (Wildman–Crippen LogP) is 4.59.